The Hall–Kier alpha value is -1.76. The largest absolute Gasteiger partial charge is 0.394 e. The Balaban J connectivity index is 2.40. The monoisotopic (exact) mass is 249 g/mol. The molecule has 1 atom stereocenters. The standard InChI is InChI=1S/C12H15N3O3/c16-7-10(18)6-15-12(11(8-17)13-14-15)9-4-2-1-3-5-9/h1-5,10,16-18H,6-8H2. The fourth-order valence-corrected chi connectivity index (χ4v) is 1.75. The molecule has 0 fully saturated rings. The maximum absolute atomic E-state index is 9.46. The second-order valence-electron chi connectivity index (χ2n) is 3.93. The van der Waals surface area contributed by atoms with E-state index in [1.807, 2.05) is 30.3 Å². The third-order valence-corrected chi connectivity index (χ3v) is 2.60. The summed E-state index contributed by atoms with van der Waals surface area (Å²) >= 11 is 0. The Bertz CT molecular complexity index is 499. The van der Waals surface area contributed by atoms with Crippen LogP contribution in [0.4, 0.5) is 0 Å². The average Bonchev–Trinajstić information content (AvgIpc) is 2.82. The molecule has 0 aliphatic carbocycles. The first-order valence-electron chi connectivity index (χ1n) is 5.63. The zero-order valence-corrected chi connectivity index (χ0v) is 9.77. The average molecular weight is 249 g/mol. The Morgan fingerprint density at radius 2 is 1.89 bits per heavy atom. The zero-order chi connectivity index (χ0) is 13.0. The maximum Gasteiger partial charge on any atom is 0.116 e. The molecule has 1 unspecified atom stereocenters. The molecule has 0 saturated heterocycles. The van der Waals surface area contributed by atoms with Gasteiger partial charge in [0.15, 0.2) is 0 Å². The number of nitrogens with zero attached hydrogens (tertiary/aromatic N) is 3. The summed E-state index contributed by atoms with van der Waals surface area (Å²) in [5, 5.41) is 35.3. The normalized spacial score (nSPS) is 12.6. The third kappa shape index (κ3) is 2.56. The molecule has 6 heteroatoms. The molecular formula is C12H15N3O3. The first-order valence-corrected chi connectivity index (χ1v) is 5.63. The zero-order valence-electron chi connectivity index (χ0n) is 9.77. The van der Waals surface area contributed by atoms with Gasteiger partial charge in [-0.15, -0.1) is 5.10 Å². The van der Waals surface area contributed by atoms with Crippen LogP contribution in [-0.2, 0) is 13.2 Å². The highest BCUT2D eigenvalue weighted by Gasteiger charge is 2.16. The van der Waals surface area contributed by atoms with Crippen molar-refractivity contribution in [2.45, 2.75) is 19.3 Å². The fourth-order valence-electron chi connectivity index (χ4n) is 1.75. The lowest BCUT2D eigenvalue weighted by atomic mass is 10.1. The molecule has 96 valence electrons. The van der Waals surface area contributed by atoms with Crippen LogP contribution in [0.5, 0.6) is 0 Å². The first-order chi connectivity index (χ1) is 8.76. The molecule has 18 heavy (non-hydrogen) atoms. The molecule has 2 aromatic rings. The van der Waals surface area contributed by atoms with Crippen molar-refractivity contribution >= 4 is 0 Å². The van der Waals surface area contributed by atoms with Gasteiger partial charge in [0.25, 0.3) is 0 Å². The smallest absolute Gasteiger partial charge is 0.116 e. The summed E-state index contributed by atoms with van der Waals surface area (Å²) in [4.78, 5) is 0. The minimum atomic E-state index is -0.902. The van der Waals surface area contributed by atoms with E-state index in [1.165, 1.54) is 4.68 Å². The Kier molecular flexibility index (Phi) is 4.03. The van der Waals surface area contributed by atoms with Gasteiger partial charge in [-0.1, -0.05) is 35.5 Å². The highest BCUT2D eigenvalue weighted by molar-refractivity contribution is 5.61. The number of hydrogen-bond donors (Lipinski definition) is 3. The minimum Gasteiger partial charge on any atom is -0.394 e. The second kappa shape index (κ2) is 5.72. The van der Waals surface area contributed by atoms with Gasteiger partial charge in [0, 0.05) is 5.56 Å². The number of aliphatic hydroxyl groups is 3. The number of rotatable bonds is 5. The summed E-state index contributed by atoms with van der Waals surface area (Å²) in [7, 11) is 0. The lowest BCUT2D eigenvalue weighted by Gasteiger charge is -2.10. The Morgan fingerprint density at radius 3 is 2.50 bits per heavy atom. The molecule has 1 heterocycles. The number of benzene rings is 1. The summed E-state index contributed by atoms with van der Waals surface area (Å²) in [6.45, 7) is -0.435. The van der Waals surface area contributed by atoms with Crippen molar-refractivity contribution < 1.29 is 15.3 Å². The molecule has 3 N–H and O–H groups in total. The van der Waals surface area contributed by atoms with Crippen LogP contribution >= 0.6 is 0 Å². The van der Waals surface area contributed by atoms with E-state index in [0.717, 1.165) is 5.56 Å². The van der Waals surface area contributed by atoms with E-state index in [1.54, 1.807) is 0 Å². The SMILES string of the molecule is OCc1nnn(CC(O)CO)c1-c1ccccc1. The van der Waals surface area contributed by atoms with Gasteiger partial charge in [-0.2, -0.15) is 0 Å². The first kappa shape index (κ1) is 12.7. The fraction of sp³-hybridized carbons (Fsp3) is 0.333. The van der Waals surface area contributed by atoms with E-state index < -0.39 is 6.10 Å². The molecule has 0 saturated carbocycles. The van der Waals surface area contributed by atoms with Gasteiger partial charge in [-0.3, -0.25) is 0 Å². The predicted octanol–water partition coefficient (Wildman–Crippen LogP) is -0.209. The van der Waals surface area contributed by atoms with Crippen molar-refractivity contribution in [3.63, 3.8) is 0 Å². The lowest BCUT2D eigenvalue weighted by Crippen LogP contribution is -2.21. The number of aromatic nitrogens is 3. The topological polar surface area (TPSA) is 91.4 Å². The van der Waals surface area contributed by atoms with Gasteiger partial charge in [-0.25, -0.2) is 4.68 Å². The quantitative estimate of drug-likeness (QED) is 0.682. The Labute approximate surface area is 104 Å². The molecule has 1 aromatic carbocycles. The van der Waals surface area contributed by atoms with E-state index in [0.29, 0.717) is 11.4 Å². The van der Waals surface area contributed by atoms with Crippen LogP contribution in [0, 0.1) is 0 Å². The van der Waals surface area contributed by atoms with E-state index >= 15 is 0 Å². The second-order valence-corrected chi connectivity index (χ2v) is 3.93. The van der Waals surface area contributed by atoms with Gasteiger partial charge >= 0.3 is 0 Å². The number of aliphatic hydroxyl groups excluding tert-OH is 3. The molecule has 0 amide bonds. The Morgan fingerprint density at radius 1 is 1.17 bits per heavy atom. The van der Waals surface area contributed by atoms with Crippen molar-refractivity contribution in [1.29, 1.82) is 0 Å². The summed E-state index contributed by atoms with van der Waals surface area (Å²) in [6.07, 6.45) is -0.902. The van der Waals surface area contributed by atoms with Crippen LogP contribution in [0.25, 0.3) is 11.3 Å². The summed E-state index contributed by atoms with van der Waals surface area (Å²) in [5.74, 6) is 0. The third-order valence-electron chi connectivity index (χ3n) is 2.60. The van der Waals surface area contributed by atoms with Gasteiger partial charge in [-0.05, 0) is 0 Å². The van der Waals surface area contributed by atoms with Gasteiger partial charge in [0.2, 0.25) is 0 Å². The van der Waals surface area contributed by atoms with Crippen LogP contribution in [0.2, 0.25) is 0 Å². The van der Waals surface area contributed by atoms with Crippen molar-refractivity contribution in [2.24, 2.45) is 0 Å². The van der Waals surface area contributed by atoms with E-state index in [9.17, 15) is 10.2 Å². The molecular weight excluding hydrogens is 234 g/mol. The van der Waals surface area contributed by atoms with Crippen LogP contribution in [-0.4, -0.2) is 43.0 Å². The highest BCUT2D eigenvalue weighted by Crippen LogP contribution is 2.22. The van der Waals surface area contributed by atoms with Crippen molar-refractivity contribution in [2.75, 3.05) is 6.61 Å². The summed E-state index contributed by atoms with van der Waals surface area (Å²) in [5.41, 5.74) is 1.97. The van der Waals surface area contributed by atoms with Gasteiger partial charge in [0.1, 0.15) is 5.69 Å². The molecule has 0 bridgehead atoms. The summed E-state index contributed by atoms with van der Waals surface area (Å²) in [6, 6.07) is 9.38. The van der Waals surface area contributed by atoms with E-state index in [2.05, 4.69) is 10.3 Å². The molecule has 0 aliphatic rings. The van der Waals surface area contributed by atoms with Crippen LogP contribution < -0.4 is 0 Å². The lowest BCUT2D eigenvalue weighted by molar-refractivity contribution is 0.0782. The maximum atomic E-state index is 9.46. The number of hydrogen-bond acceptors (Lipinski definition) is 5. The van der Waals surface area contributed by atoms with Crippen LogP contribution in [0.3, 0.4) is 0 Å². The molecule has 0 spiro atoms. The van der Waals surface area contributed by atoms with Crippen molar-refractivity contribution in [3.8, 4) is 11.3 Å². The van der Waals surface area contributed by atoms with Gasteiger partial charge < -0.3 is 15.3 Å². The molecule has 1 aromatic heterocycles. The van der Waals surface area contributed by atoms with Crippen LogP contribution in [0.15, 0.2) is 30.3 Å². The van der Waals surface area contributed by atoms with Crippen LogP contribution in [0.1, 0.15) is 5.69 Å². The van der Waals surface area contributed by atoms with Crippen molar-refractivity contribution in [1.82, 2.24) is 15.0 Å². The predicted molar refractivity (Wildman–Crippen MR) is 64.5 cm³/mol. The molecule has 0 aliphatic heterocycles. The summed E-state index contributed by atoms with van der Waals surface area (Å²) < 4.78 is 1.49. The molecule has 0 radical (unpaired) electrons. The molecule has 6 nitrogen and oxygen atoms in total. The van der Waals surface area contributed by atoms with Gasteiger partial charge in [0.05, 0.1) is 31.6 Å². The molecule has 2 rings (SSSR count). The van der Waals surface area contributed by atoms with E-state index in [4.69, 9.17) is 5.11 Å². The highest BCUT2D eigenvalue weighted by atomic mass is 16.3. The van der Waals surface area contributed by atoms with Crippen molar-refractivity contribution in [3.05, 3.63) is 36.0 Å². The minimum absolute atomic E-state index is 0.133. The van der Waals surface area contributed by atoms with E-state index in [-0.39, 0.29) is 19.8 Å².